The molecule has 1 aromatic heterocycles. The second kappa shape index (κ2) is 5.65. The van der Waals surface area contributed by atoms with Crippen molar-refractivity contribution in [1.82, 2.24) is 15.0 Å². The van der Waals surface area contributed by atoms with Gasteiger partial charge in [0.25, 0.3) is 0 Å². The second-order valence-electron chi connectivity index (χ2n) is 4.00. The van der Waals surface area contributed by atoms with E-state index in [-0.39, 0.29) is 0 Å². The summed E-state index contributed by atoms with van der Waals surface area (Å²) in [7, 11) is 0. The summed E-state index contributed by atoms with van der Waals surface area (Å²) in [6.07, 6.45) is 1.74. The van der Waals surface area contributed by atoms with Crippen LogP contribution in [0, 0.1) is 11.3 Å². The van der Waals surface area contributed by atoms with Crippen molar-refractivity contribution in [2.75, 3.05) is 0 Å². The first-order chi connectivity index (χ1) is 8.76. The topological polar surface area (TPSA) is 54.5 Å². The third-order valence-electron chi connectivity index (χ3n) is 2.71. The molecule has 2 aromatic rings. The molecule has 0 amide bonds. The molecule has 0 aliphatic heterocycles. The fraction of sp³-hybridized carbons (Fsp3) is 0.308. The minimum absolute atomic E-state index is 0.406. The lowest BCUT2D eigenvalue weighted by Gasteiger charge is -2.07. The molecule has 0 fully saturated rings. The molecule has 0 atom stereocenters. The number of aromatic nitrogens is 3. The van der Waals surface area contributed by atoms with E-state index in [1.165, 1.54) is 0 Å². The standard InChI is InChI=1S/C13H13ClN4/c1-2-5-13-12(8-15)16-17-18(13)9-10-6-3-4-7-11(10)14/h3-4,6-7H,2,5,9H2,1H3. The van der Waals surface area contributed by atoms with Gasteiger partial charge in [0.15, 0.2) is 5.69 Å². The van der Waals surface area contributed by atoms with Crippen LogP contribution >= 0.6 is 11.6 Å². The zero-order chi connectivity index (χ0) is 13.0. The molecule has 5 heteroatoms. The van der Waals surface area contributed by atoms with Crippen molar-refractivity contribution in [2.24, 2.45) is 0 Å². The van der Waals surface area contributed by atoms with Gasteiger partial charge in [0, 0.05) is 5.02 Å². The van der Waals surface area contributed by atoms with E-state index in [1.54, 1.807) is 4.68 Å². The minimum atomic E-state index is 0.406. The van der Waals surface area contributed by atoms with E-state index >= 15 is 0 Å². The lowest BCUT2D eigenvalue weighted by Crippen LogP contribution is -2.07. The molecule has 2 rings (SSSR count). The van der Waals surface area contributed by atoms with E-state index in [1.807, 2.05) is 24.3 Å². The van der Waals surface area contributed by atoms with Crippen molar-refractivity contribution < 1.29 is 0 Å². The number of benzene rings is 1. The Hall–Kier alpha value is -1.86. The Morgan fingerprint density at radius 2 is 2.17 bits per heavy atom. The fourth-order valence-corrected chi connectivity index (χ4v) is 2.01. The van der Waals surface area contributed by atoms with Crippen LogP contribution in [-0.4, -0.2) is 15.0 Å². The van der Waals surface area contributed by atoms with E-state index in [2.05, 4.69) is 23.3 Å². The predicted molar refractivity (Wildman–Crippen MR) is 69.3 cm³/mol. The monoisotopic (exact) mass is 260 g/mol. The number of nitriles is 1. The van der Waals surface area contributed by atoms with Crippen LogP contribution in [0.4, 0.5) is 0 Å². The second-order valence-corrected chi connectivity index (χ2v) is 4.40. The molecule has 1 heterocycles. The SMILES string of the molecule is CCCc1c(C#N)nnn1Cc1ccccc1Cl. The molecule has 0 spiro atoms. The molecule has 0 saturated carbocycles. The van der Waals surface area contributed by atoms with Gasteiger partial charge in [-0.2, -0.15) is 5.26 Å². The molecule has 92 valence electrons. The van der Waals surface area contributed by atoms with Gasteiger partial charge in [-0.1, -0.05) is 48.4 Å². The molecule has 0 aliphatic rings. The molecule has 0 aliphatic carbocycles. The van der Waals surface area contributed by atoms with Gasteiger partial charge < -0.3 is 0 Å². The Balaban J connectivity index is 2.32. The summed E-state index contributed by atoms with van der Waals surface area (Å²) >= 11 is 6.12. The number of rotatable bonds is 4. The van der Waals surface area contributed by atoms with Crippen LogP contribution in [0.3, 0.4) is 0 Å². The first-order valence-corrected chi connectivity index (χ1v) is 6.20. The van der Waals surface area contributed by atoms with Gasteiger partial charge in [-0.05, 0) is 18.1 Å². The van der Waals surface area contributed by atoms with Crippen LogP contribution in [0.15, 0.2) is 24.3 Å². The third-order valence-corrected chi connectivity index (χ3v) is 3.08. The van der Waals surface area contributed by atoms with Gasteiger partial charge in [-0.25, -0.2) is 4.68 Å². The van der Waals surface area contributed by atoms with Gasteiger partial charge in [-0.15, -0.1) is 5.10 Å². The van der Waals surface area contributed by atoms with Gasteiger partial charge >= 0.3 is 0 Å². The van der Waals surface area contributed by atoms with Crippen molar-refractivity contribution >= 4 is 11.6 Å². The molecule has 18 heavy (non-hydrogen) atoms. The summed E-state index contributed by atoms with van der Waals surface area (Å²) in [6, 6.07) is 9.69. The number of hydrogen-bond acceptors (Lipinski definition) is 3. The van der Waals surface area contributed by atoms with Crippen molar-refractivity contribution in [3.63, 3.8) is 0 Å². The summed E-state index contributed by atoms with van der Waals surface area (Å²) in [4.78, 5) is 0. The van der Waals surface area contributed by atoms with Crippen LogP contribution in [-0.2, 0) is 13.0 Å². The summed E-state index contributed by atoms with van der Waals surface area (Å²) < 4.78 is 1.75. The summed E-state index contributed by atoms with van der Waals surface area (Å²) in [5.74, 6) is 0. The Kier molecular flexibility index (Phi) is 3.96. The highest BCUT2D eigenvalue weighted by molar-refractivity contribution is 6.31. The van der Waals surface area contributed by atoms with Gasteiger partial charge in [0.1, 0.15) is 6.07 Å². The average molecular weight is 261 g/mol. The van der Waals surface area contributed by atoms with E-state index in [0.29, 0.717) is 17.3 Å². The summed E-state index contributed by atoms with van der Waals surface area (Å²) in [6.45, 7) is 2.61. The highest BCUT2D eigenvalue weighted by atomic mass is 35.5. The van der Waals surface area contributed by atoms with Crippen molar-refractivity contribution in [3.8, 4) is 6.07 Å². The smallest absolute Gasteiger partial charge is 0.185 e. The molecular formula is C13H13ClN4. The Morgan fingerprint density at radius 3 is 2.83 bits per heavy atom. The van der Waals surface area contributed by atoms with E-state index in [0.717, 1.165) is 24.1 Å². The van der Waals surface area contributed by atoms with E-state index < -0.39 is 0 Å². The maximum absolute atomic E-state index is 8.99. The highest BCUT2D eigenvalue weighted by Crippen LogP contribution is 2.17. The molecule has 4 nitrogen and oxygen atoms in total. The molecule has 1 aromatic carbocycles. The molecule has 0 saturated heterocycles. The normalized spacial score (nSPS) is 10.3. The lowest BCUT2D eigenvalue weighted by molar-refractivity contribution is 0.613. The Bertz CT molecular complexity index is 583. The van der Waals surface area contributed by atoms with Crippen molar-refractivity contribution in [1.29, 1.82) is 5.26 Å². The first kappa shape index (κ1) is 12.6. The first-order valence-electron chi connectivity index (χ1n) is 5.82. The van der Waals surface area contributed by atoms with Gasteiger partial charge in [0.05, 0.1) is 12.2 Å². The maximum atomic E-state index is 8.99. The molecule has 0 radical (unpaired) electrons. The van der Waals surface area contributed by atoms with Crippen LogP contribution in [0.25, 0.3) is 0 Å². The number of nitrogens with zero attached hydrogens (tertiary/aromatic N) is 4. The maximum Gasteiger partial charge on any atom is 0.185 e. The van der Waals surface area contributed by atoms with Crippen LogP contribution in [0.5, 0.6) is 0 Å². The average Bonchev–Trinajstić information content (AvgIpc) is 2.75. The van der Waals surface area contributed by atoms with Crippen LogP contribution in [0.1, 0.15) is 30.3 Å². The zero-order valence-electron chi connectivity index (χ0n) is 10.1. The zero-order valence-corrected chi connectivity index (χ0v) is 10.9. The van der Waals surface area contributed by atoms with Crippen LogP contribution in [0.2, 0.25) is 5.02 Å². The van der Waals surface area contributed by atoms with E-state index in [9.17, 15) is 0 Å². The molecular weight excluding hydrogens is 248 g/mol. The molecule has 0 bridgehead atoms. The third kappa shape index (κ3) is 2.52. The van der Waals surface area contributed by atoms with Gasteiger partial charge in [-0.3, -0.25) is 0 Å². The fourth-order valence-electron chi connectivity index (χ4n) is 1.82. The largest absolute Gasteiger partial charge is 0.244 e. The van der Waals surface area contributed by atoms with Crippen molar-refractivity contribution in [2.45, 2.75) is 26.3 Å². The quantitative estimate of drug-likeness (QED) is 0.849. The molecule has 0 unspecified atom stereocenters. The Labute approximate surface area is 111 Å². The number of halogens is 1. The molecule has 0 N–H and O–H groups in total. The number of hydrogen-bond donors (Lipinski definition) is 0. The summed E-state index contributed by atoms with van der Waals surface area (Å²) in [5.41, 5.74) is 2.26. The Morgan fingerprint density at radius 1 is 1.39 bits per heavy atom. The highest BCUT2D eigenvalue weighted by Gasteiger charge is 2.12. The van der Waals surface area contributed by atoms with Crippen molar-refractivity contribution in [3.05, 3.63) is 46.2 Å². The van der Waals surface area contributed by atoms with E-state index in [4.69, 9.17) is 16.9 Å². The summed E-state index contributed by atoms with van der Waals surface area (Å²) in [5, 5.41) is 17.6. The van der Waals surface area contributed by atoms with Crippen LogP contribution < -0.4 is 0 Å². The lowest BCUT2D eigenvalue weighted by atomic mass is 10.2. The minimum Gasteiger partial charge on any atom is -0.244 e. The van der Waals surface area contributed by atoms with Gasteiger partial charge in [0.2, 0.25) is 0 Å². The predicted octanol–water partition coefficient (Wildman–Crippen LogP) is 2.80.